The van der Waals surface area contributed by atoms with Gasteiger partial charge in [0.2, 0.25) is 0 Å². The summed E-state index contributed by atoms with van der Waals surface area (Å²) in [5.74, 6) is -0.152. The van der Waals surface area contributed by atoms with E-state index in [4.69, 9.17) is 23.2 Å². The number of nitrogens with one attached hydrogen (secondary N) is 1. The summed E-state index contributed by atoms with van der Waals surface area (Å²) in [6, 6.07) is 8.48. The molecule has 0 aliphatic rings. The minimum absolute atomic E-state index is 0.152. The highest BCUT2D eigenvalue weighted by Gasteiger charge is 2.12. The van der Waals surface area contributed by atoms with Gasteiger partial charge in [-0.05, 0) is 36.8 Å². The lowest BCUT2D eigenvalue weighted by Crippen LogP contribution is -2.26. The number of pyridine rings is 1. The van der Waals surface area contributed by atoms with Gasteiger partial charge in [-0.3, -0.25) is 9.78 Å². The van der Waals surface area contributed by atoms with Gasteiger partial charge in [-0.1, -0.05) is 29.3 Å². The van der Waals surface area contributed by atoms with Gasteiger partial charge in [-0.15, -0.1) is 0 Å². The largest absolute Gasteiger partial charge is 0.346 e. The molecule has 1 amide bonds. The van der Waals surface area contributed by atoms with Gasteiger partial charge in [0.15, 0.2) is 0 Å². The Hall–Kier alpha value is -1.58. The van der Waals surface area contributed by atoms with Gasteiger partial charge >= 0.3 is 0 Å². The highest BCUT2D eigenvalue weighted by molar-refractivity contribution is 6.42. The molecule has 19 heavy (non-hydrogen) atoms. The van der Waals surface area contributed by atoms with Crippen molar-refractivity contribution >= 4 is 29.1 Å². The molecular formula is C14H12Cl2N2O. The Kier molecular flexibility index (Phi) is 4.40. The molecule has 98 valence electrons. The molecule has 2 aromatic rings. The Morgan fingerprint density at radius 1 is 1.16 bits per heavy atom. The molecule has 1 aromatic carbocycles. The average molecular weight is 295 g/mol. The van der Waals surface area contributed by atoms with Gasteiger partial charge in [0.05, 0.1) is 16.1 Å². The standard InChI is InChI=1S/C14H12Cl2N2O/c1-9(11-2-3-12(15)13(16)8-11)18-14(19)10-4-6-17-7-5-10/h2-9H,1H3,(H,18,19)/t9-/m0/s1. The van der Waals surface area contributed by atoms with Crippen LogP contribution in [0.3, 0.4) is 0 Å². The summed E-state index contributed by atoms with van der Waals surface area (Å²) in [7, 11) is 0. The first-order chi connectivity index (χ1) is 9.08. The second kappa shape index (κ2) is 6.04. The maximum absolute atomic E-state index is 12.0. The first-order valence-corrected chi connectivity index (χ1v) is 6.49. The number of amides is 1. The molecule has 0 saturated carbocycles. The Labute approximate surface area is 121 Å². The number of hydrogen-bond donors (Lipinski definition) is 1. The lowest BCUT2D eigenvalue weighted by Gasteiger charge is -2.15. The number of halogens is 2. The molecule has 5 heteroatoms. The first kappa shape index (κ1) is 13.8. The molecule has 1 aromatic heterocycles. The summed E-state index contributed by atoms with van der Waals surface area (Å²) < 4.78 is 0. The number of carbonyl (C=O) groups excluding carboxylic acids is 1. The number of rotatable bonds is 3. The number of aromatic nitrogens is 1. The third-order valence-electron chi connectivity index (χ3n) is 2.73. The Morgan fingerprint density at radius 3 is 2.47 bits per heavy atom. The Bertz CT molecular complexity index is 587. The molecule has 0 aliphatic carbocycles. The van der Waals surface area contributed by atoms with Crippen molar-refractivity contribution in [2.24, 2.45) is 0 Å². The van der Waals surface area contributed by atoms with Crippen molar-refractivity contribution in [2.45, 2.75) is 13.0 Å². The summed E-state index contributed by atoms with van der Waals surface area (Å²) in [5.41, 5.74) is 1.47. The van der Waals surface area contributed by atoms with Crippen molar-refractivity contribution in [3.63, 3.8) is 0 Å². The van der Waals surface area contributed by atoms with Crippen LogP contribution in [0.2, 0.25) is 10.0 Å². The third-order valence-corrected chi connectivity index (χ3v) is 3.47. The van der Waals surface area contributed by atoms with Crippen LogP contribution in [0.4, 0.5) is 0 Å². The van der Waals surface area contributed by atoms with E-state index in [9.17, 15) is 4.79 Å². The van der Waals surface area contributed by atoms with E-state index >= 15 is 0 Å². The van der Waals surface area contributed by atoms with E-state index in [0.717, 1.165) is 5.56 Å². The monoisotopic (exact) mass is 294 g/mol. The number of carbonyl (C=O) groups is 1. The minimum atomic E-state index is -0.157. The van der Waals surface area contributed by atoms with Crippen molar-refractivity contribution in [2.75, 3.05) is 0 Å². The summed E-state index contributed by atoms with van der Waals surface area (Å²) in [6.45, 7) is 1.89. The Morgan fingerprint density at radius 2 is 1.84 bits per heavy atom. The van der Waals surface area contributed by atoms with Gasteiger partial charge in [-0.2, -0.15) is 0 Å². The van der Waals surface area contributed by atoms with Crippen molar-refractivity contribution in [3.8, 4) is 0 Å². The topological polar surface area (TPSA) is 42.0 Å². The van der Waals surface area contributed by atoms with Gasteiger partial charge < -0.3 is 5.32 Å². The predicted octanol–water partition coefficient (Wildman–Crippen LogP) is 3.88. The summed E-state index contributed by atoms with van der Waals surface area (Å²) in [4.78, 5) is 15.9. The normalized spacial score (nSPS) is 11.9. The van der Waals surface area contributed by atoms with E-state index in [-0.39, 0.29) is 11.9 Å². The van der Waals surface area contributed by atoms with E-state index in [1.807, 2.05) is 13.0 Å². The summed E-state index contributed by atoms with van der Waals surface area (Å²) >= 11 is 11.8. The molecule has 3 nitrogen and oxygen atoms in total. The van der Waals surface area contributed by atoms with Crippen LogP contribution in [0.25, 0.3) is 0 Å². The SMILES string of the molecule is C[C@H](NC(=O)c1ccncc1)c1ccc(Cl)c(Cl)c1. The molecule has 0 unspecified atom stereocenters. The molecule has 0 radical (unpaired) electrons. The molecule has 0 aliphatic heterocycles. The first-order valence-electron chi connectivity index (χ1n) is 5.74. The highest BCUT2D eigenvalue weighted by atomic mass is 35.5. The van der Waals surface area contributed by atoms with Crippen molar-refractivity contribution in [1.82, 2.24) is 10.3 Å². The zero-order valence-corrected chi connectivity index (χ0v) is 11.7. The fourth-order valence-corrected chi connectivity index (χ4v) is 1.95. The van der Waals surface area contributed by atoms with Gasteiger partial charge in [0.1, 0.15) is 0 Å². The molecule has 1 atom stereocenters. The molecule has 0 fully saturated rings. The predicted molar refractivity (Wildman–Crippen MR) is 76.6 cm³/mol. The Balaban J connectivity index is 2.10. The smallest absolute Gasteiger partial charge is 0.251 e. The van der Waals surface area contributed by atoms with E-state index < -0.39 is 0 Å². The van der Waals surface area contributed by atoms with Crippen LogP contribution in [0.5, 0.6) is 0 Å². The second-order valence-corrected chi connectivity index (χ2v) is 4.92. The van der Waals surface area contributed by atoms with Gasteiger partial charge in [-0.25, -0.2) is 0 Å². The van der Waals surface area contributed by atoms with Crippen LogP contribution in [0.1, 0.15) is 28.9 Å². The molecule has 2 rings (SSSR count). The van der Waals surface area contributed by atoms with E-state index in [1.165, 1.54) is 0 Å². The minimum Gasteiger partial charge on any atom is -0.346 e. The molecular weight excluding hydrogens is 283 g/mol. The molecule has 1 heterocycles. The summed E-state index contributed by atoms with van der Waals surface area (Å²) in [6.07, 6.45) is 3.16. The van der Waals surface area contributed by atoms with E-state index in [2.05, 4.69) is 10.3 Å². The molecule has 1 N–H and O–H groups in total. The quantitative estimate of drug-likeness (QED) is 0.933. The molecule has 0 bridgehead atoms. The van der Waals surface area contributed by atoms with E-state index in [0.29, 0.717) is 15.6 Å². The fraction of sp³-hybridized carbons (Fsp3) is 0.143. The van der Waals surface area contributed by atoms with Gasteiger partial charge in [0.25, 0.3) is 5.91 Å². The summed E-state index contributed by atoms with van der Waals surface area (Å²) in [5, 5.41) is 3.87. The lowest BCUT2D eigenvalue weighted by molar-refractivity contribution is 0.0940. The zero-order chi connectivity index (χ0) is 13.8. The van der Waals surface area contributed by atoms with Crippen LogP contribution >= 0.6 is 23.2 Å². The third kappa shape index (κ3) is 3.46. The van der Waals surface area contributed by atoms with Crippen LogP contribution in [0.15, 0.2) is 42.7 Å². The maximum Gasteiger partial charge on any atom is 0.251 e. The lowest BCUT2D eigenvalue weighted by atomic mass is 10.1. The number of benzene rings is 1. The van der Waals surface area contributed by atoms with Crippen LogP contribution in [-0.2, 0) is 0 Å². The van der Waals surface area contributed by atoms with Gasteiger partial charge in [0, 0.05) is 18.0 Å². The maximum atomic E-state index is 12.0. The number of nitrogens with zero attached hydrogens (tertiary/aromatic N) is 1. The zero-order valence-electron chi connectivity index (χ0n) is 10.2. The van der Waals surface area contributed by atoms with Crippen LogP contribution < -0.4 is 5.32 Å². The molecule has 0 spiro atoms. The second-order valence-electron chi connectivity index (χ2n) is 4.10. The highest BCUT2D eigenvalue weighted by Crippen LogP contribution is 2.25. The van der Waals surface area contributed by atoms with Crippen LogP contribution in [0, 0.1) is 0 Å². The van der Waals surface area contributed by atoms with Crippen molar-refractivity contribution in [3.05, 3.63) is 63.9 Å². The van der Waals surface area contributed by atoms with E-state index in [1.54, 1.807) is 36.7 Å². The van der Waals surface area contributed by atoms with Crippen molar-refractivity contribution < 1.29 is 4.79 Å². The average Bonchev–Trinajstić information content (AvgIpc) is 2.42. The van der Waals surface area contributed by atoms with Crippen molar-refractivity contribution in [1.29, 1.82) is 0 Å². The molecule has 0 saturated heterocycles. The fourth-order valence-electron chi connectivity index (χ4n) is 1.65. The van der Waals surface area contributed by atoms with Crippen LogP contribution in [-0.4, -0.2) is 10.9 Å². The number of hydrogen-bond acceptors (Lipinski definition) is 2.